The van der Waals surface area contributed by atoms with Gasteiger partial charge in [-0.3, -0.25) is 0 Å². The highest BCUT2D eigenvalue weighted by Gasteiger charge is 2.33. The van der Waals surface area contributed by atoms with Gasteiger partial charge in [-0.25, -0.2) is 8.42 Å². The Kier molecular flexibility index (Phi) is 5.21. The molecule has 0 amide bonds. The second-order valence-corrected chi connectivity index (χ2v) is 6.62. The SMILES string of the molecule is CCNCCS(=O)(=O)N1C(C)CCCC1C. The van der Waals surface area contributed by atoms with Crippen molar-refractivity contribution in [1.82, 2.24) is 9.62 Å². The zero-order chi connectivity index (χ0) is 12.2. The van der Waals surface area contributed by atoms with E-state index in [0.29, 0.717) is 6.54 Å². The Hall–Kier alpha value is -0.130. The number of sulfonamides is 1. The van der Waals surface area contributed by atoms with Gasteiger partial charge in [0.25, 0.3) is 0 Å². The van der Waals surface area contributed by atoms with Gasteiger partial charge in [-0.15, -0.1) is 0 Å². The van der Waals surface area contributed by atoms with Gasteiger partial charge >= 0.3 is 0 Å². The van der Waals surface area contributed by atoms with Crippen molar-refractivity contribution >= 4 is 10.0 Å². The Balaban J connectivity index is 2.64. The molecule has 1 saturated heterocycles. The Labute approximate surface area is 99.5 Å². The first-order chi connectivity index (χ1) is 7.49. The van der Waals surface area contributed by atoms with Crippen molar-refractivity contribution in [1.29, 1.82) is 0 Å². The van der Waals surface area contributed by atoms with E-state index in [-0.39, 0.29) is 17.8 Å². The largest absolute Gasteiger partial charge is 0.316 e. The molecule has 1 aliphatic heterocycles. The van der Waals surface area contributed by atoms with Crippen LogP contribution in [0, 0.1) is 0 Å². The summed E-state index contributed by atoms with van der Waals surface area (Å²) in [5, 5.41) is 3.07. The van der Waals surface area contributed by atoms with Gasteiger partial charge < -0.3 is 5.32 Å². The zero-order valence-electron chi connectivity index (χ0n) is 10.6. The highest BCUT2D eigenvalue weighted by atomic mass is 32.2. The molecule has 0 bridgehead atoms. The van der Waals surface area contributed by atoms with Gasteiger partial charge in [-0.1, -0.05) is 13.3 Å². The van der Waals surface area contributed by atoms with E-state index >= 15 is 0 Å². The summed E-state index contributed by atoms with van der Waals surface area (Å²) >= 11 is 0. The summed E-state index contributed by atoms with van der Waals surface area (Å²) in [6.07, 6.45) is 3.12. The Morgan fingerprint density at radius 3 is 2.31 bits per heavy atom. The first-order valence-corrected chi connectivity index (χ1v) is 7.82. The second kappa shape index (κ2) is 5.98. The predicted molar refractivity (Wildman–Crippen MR) is 66.9 cm³/mol. The number of rotatable bonds is 5. The zero-order valence-corrected chi connectivity index (χ0v) is 11.4. The molecule has 16 heavy (non-hydrogen) atoms. The summed E-state index contributed by atoms with van der Waals surface area (Å²) in [5.41, 5.74) is 0. The summed E-state index contributed by atoms with van der Waals surface area (Å²) in [6.45, 7) is 7.38. The Bertz CT molecular complexity index is 293. The smallest absolute Gasteiger partial charge is 0.215 e. The van der Waals surface area contributed by atoms with Crippen molar-refractivity contribution in [3.05, 3.63) is 0 Å². The minimum absolute atomic E-state index is 0.162. The fourth-order valence-corrected chi connectivity index (χ4v) is 4.35. The Morgan fingerprint density at radius 1 is 1.25 bits per heavy atom. The average Bonchev–Trinajstić information content (AvgIpc) is 2.17. The van der Waals surface area contributed by atoms with Crippen molar-refractivity contribution in [2.24, 2.45) is 0 Å². The van der Waals surface area contributed by atoms with Gasteiger partial charge in [0, 0.05) is 18.6 Å². The van der Waals surface area contributed by atoms with Crippen LogP contribution in [0.4, 0.5) is 0 Å². The lowest BCUT2D eigenvalue weighted by molar-refractivity contribution is 0.204. The number of hydrogen-bond donors (Lipinski definition) is 1. The predicted octanol–water partition coefficient (Wildman–Crippen LogP) is 1.19. The van der Waals surface area contributed by atoms with Crippen LogP contribution >= 0.6 is 0 Å². The molecular formula is C11H24N2O2S. The van der Waals surface area contributed by atoms with Crippen LogP contribution in [0.15, 0.2) is 0 Å². The van der Waals surface area contributed by atoms with E-state index in [1.54, 1.807) is 4.31 Å². The minimum Gasteiger partial charge on any atom is -0.316 e. The molecule has 1 heterocycles. The standard InChI is InChI=1S/C11H24N2O2S/c1-4-12-8-9-16(14,15)13-10(2)6-5-7-11(13)3/h10-12H,4-9H2,1-3H3. The third-order valence-electron chi connectivity index (χ3n) is 3.22. The third-order valence-corrected chi connectivity index (χ3v) is 5.30. The van der Waals surface area contributed by atoms with Crippen LogP contribution in [-0.4, -0.2) is 43.6 Å². The van der Waals surface area contributed by atoms with Crippen LogP contribution in [0.5, 0.6) is 0 Å². The van der Waals surface area contributed by atoms with Gasteiger partial charge in [-0.05, 0) is 33.2 Å². The quantitative estimate of drug-likeness (QED) is 0.744. The Morgan fingerprint density at radius 2 is 1.81 bits per heavy atom. The van der Waals surface area contributed by atoms with Crippen LogP contribution in [0.25, 0.3) is 0 Å². The van der Waals surface area contributed by atoms with Crippen molar-refractivity contribution in [2.75, 3.05) is 18.8 Å². The van der Waals surface area contributed by atoms with Crippen molar-refractivity contribution < 1.29 is 8.42 Å². The van der Waals surface area contributed by atoms with E-state index in [9.17, 15) is 8.42 Å². The molecule has 0 aliphatic carbocycles. The lowest BCUT2D eigenvalue weighted by atomic mass is 10.0. The molecule has 2 unspecified atom stereocenters. The van der Waals surface area contributed by atoms with E-state index in [4.69, 9.17) is 0 Å². The molecule has 1 aliphatic rings. The molecule has 1 rings (SSSR count). The van der Waals surface area contributed by atoms with E-state index in [1.165, 1.54) is 0 Å². The van der Waals surface area contributed by atoms with E-state index in [0.717, 1.165) is 25.8 Å². The molecule has 0 spiro atoms. The maximum absolute atomic E-state index is 12.2. The molecule has 0 radical (unpaired) electrons. The fraction of sp³-hybridized carbons (Fsp3) is 1.00. The van der Waals surface area contributed by atoms with Crippen LogP contribution in [-0.2, 0) is 10.0 Å². The second-order valence-electron chi connectivity index (χ2n) is 4.63. The maximum atomic E-state index is 12.2. The molecule has 0 saturated carbocycles. The van der Waals surface area contributed by atoms with Crippen LogP contribution < -0.4 is 5.32 Å². The van der Waals surface area contributed by atoms with Crippen LogP contribution in [0.3, 0.4) is 0 Å². The minimum atomic E-state index is -3.08. The molecule has 4 nitrogen and oxygen atoms in total. The highest BCUT2D eigenvalue weighted by Crippen LogP contribution is 2.25. The molecule has 0 aromatic rings. The van der Waals surface area contributed by atoms with Crippen molar-refractivity contribution in [2.45, 2.75) is 52.1 Å². The molecule has 1 fully saturated rings. The van der Waals surface area contributed by atoms with E-state index in [1.807, 2.05) is 20.8 Å². The molecule has 1 N–H and O–H groups in total. The molecule has 96 valence electrons. The summed E-state index contributed by atoms with van der Waals surface area (Å²) in [6, 6.07) is 0.325. The highest BCUT2D eigenvalue weighted by molar-refractivity contribution is 7.89. The van der Waals surface area contributed by atoms with Crippen molar-refractivity contribution in [3.8, 4) is 0 Å². The monoisotopic (exact) mass is 248 g/mol. The topological polar surface area (TPSA) is 49.4 Å². The average molecular weight is 248 g/mol. The summed E-state index contributed by atoms with van der Waals surface area (Å²) < 4.78 is 26.1. The first-order valence-electron chi connectivity index (χ1n) is 6.21. The van der Waals surface area contributed by atoms with Crippen molar-refractivity contribution in [3.63, 3.8) is 0 Å². The maximum Gasteiger partial charge on any atom is 0.215 e. The molecule has 2 atom stereocenters. The number of piperidine rings is 1. The fourth-order valence-electron chi connectivity index (χ4n) is 2.43. The molecular weight excluding hydrogens is 224 g/mol. The lowest BCUT2D eigenvalue weighted by Gasteiger charge is -2.37. The molecule has 0 aromatic carbocycles. The summed E-state index contributed by atoms with van der Waals surface area (Å²) in [5.74, 6) is 0.218. The summed E-state index contributed by atoms with van der Waals surface area (Å²) in [4.78, 5) is 0. The van der Waals surface area contributed by atoms with Gasteiger partial charge in [0.15, 0.2) is 0 Å². The number of nitrogens with zero attached hydrogens (tertiary/aromatic N) is 1. The van der Waals surface area contributed by atoms with Gasteiger partial charge in [-0.2, -0.15) is 4.31 Å². The van der Waals surface area contributed by atoms with Gasteiger partial charge in [0.2, 0.25) is 10.0 Å². The van der Waals surface area contributed by atoms with Crippen LogP contribution in [0.1, 0.15) is 40.0 Å². The van der Waals surface area contributed by atoms with Crippen LogP contribution in [0.2, 0.25) is 0 Å². The summed E-state index contributed by atoms with van der Waals surface area (Å²) in [7, 11) is -3.08. The van der Waals surface area contributed by atoms with Gasteiger partial charge in [0.1, 0.15) is 0 Å². The van der Waals surface area contributed by atoms with E-state index in [2.05, 4.69) is 5.32 Å². The number of nitrogens with one attached hydrogen (secondary N) is 1. The lowest BCUT2D eigenvalue weighted by Crippen LogP contribution is -2.49. The van der Waals surface area contributed by atoms with E-state index < -0.39 is 10.0 Å². The molecule has 5 heteroatoms. The normalized spacial score (nSPS) is 28.2. The number of hydrogen-bond acceptors (Lipinski definition) is 3. The third kappa shape index (κ3) is 3.43. The molecule has 0 aromatic heterocycles. The first kappa shape index (κ1) is 13.9. The van der Waals surface area contributed by atoms with Gasteiger partial charge in [0.05, 0.1) is 5.75 Å².